The highest BCUT2D eigenvalue weighted by Gasteiger charge is 2.50. The zero-order chi connectivity index (χ0) is 24.5. The molecule has 1 N–H and O–H groups in total. The number of ether oxygens (including phenoxy) is 1. The summed E-state index contributed by atoms with van der Waals surface area (Å²) >= 11 is 0. The van der Waals surface area contributed by atoms with Crippen LogP contribution in [0.2, 0.25) is 0 Å². The number of benzene rings is 2. The Bertz CT molecular complexity index is 1330. The summed E-state index contributed by atoms with van der Waals surface area (Å²) in [6.07, 6.45) is 2.70. The van der Waals surface area contributed by atoms with E-state index in [-0.39, 0.29) is 5.75 Å². The van der Waals surface area contributed by atoms with Crippen LogP contribution in [-0.4, -0.2) is 46.1 Å². The fourth-order valence-electron chi connectivity index (χ4n) is 4.36. The number of fused-ring (bicyclic) bond motifs is 1. The van der Waals surface area contributed by atoms with Gasteiger partial charge in [-0.25, -0.2) is 15.0 Å². The topological polar surface area (TPSA) is 98.8 Å². The highest BCUT2D eigenvalue weighted by atomic mass is 19.4. The molecule has 1 atom stereocenters. The number of alkyl halides is 3. The van der Waals surface area contributed by atoms with Gasteiger partial charge in [-0.1, -0.05) is 30.3 Å². The van der Waals surface area contributed by atoms with Crippen molar-refractivity contribution in [2.24, 2.45) is 9.98 Å². The fourth-order valence-corrected chi connectivity index (χ4v) is 4.36. The molecule has 5 rings (SSSR count). The summed E-state index contributed by atoms with van der Waals surface area (Å²) in [7, 11) is 0. The van der Waals surface area contributed by atoms with Gasteiger partial charge >= 0.3 is 6.36 Å². The molecule has 2 aliphatic heterocycles. The Kier molecular flexibility index (Phi) is 5.56. The van der Waals surface area contributed by atoms with Crippen molar-refractivity contribution in [3.8, 4) is 23.1 Å². The monoisotopic (exact) mass is 477 g/mol. The first-order chi connectivity index (χ1) is 16.9. The van der Waals surface area contributed by atoms with Crippen molar-refractivity contribution >= 4 is 11.8 Å². The molecule has 3 heterocycles. The molecule has 1 unspecified atom stereocenters. The maximum absolute atomic E-state index is 12.7. The van der Waals surface area contributed by atoms with Gasteiger partial charge in [-0.3, -0.25) is 15.2 Å². The number of aliphatic imine (C=N–C) groups is 2. The van der Waals surface area contributed by atoms with Gasteiger partial charge in [0.2, 0.25) is 5.96 Å². The third kappa shape index (κ3) is 4.14. The first-order valence-electron chi connectivity index (χ1n) is 10.7. The SMILES string of the molecule is N#CNC1=NC(c2ccc(OC(F)(F)F)cc2)(c2cccc(-c3cncnc3)c2)C2=NCCCN12. The molecule has 3 aromatic rings. The van der Waals surface area contributed by atoms with Crippen molar-refractivity contribution in [2.45, 2.75) is 18.3 Å². The van der Waals surface area contributed by atoms with Crippen LogP contribution in [-0.2, 0) is 5.54 Å². The van der Waals surface area contributed by atoms with E-state index in [0.29, 0.717) is 30.4 Å². The summed E-state index contributed by atoms with van der Waals surface area (Å²) in [5.74, 6) is 0.578. The zero-order valence-electron chi connectivity index (χ0n) is 18.2. The lowest BCUT2D eigenvalue weighted by Gasteiger charge is -2.33. The number of amidine groups is 1. The molecule has 11 heteroatoms. The molecule has 2 aromatic carbocycles. The molecule has 8 nitrogen and oxygen atoms in total. The standard InChI is InChI=1S/C24H18F3N7O/c25-24(26,27)35-20-7-5-18(6-8-20)23(21-31-9-2-10-34(21)22(33-23)32-14-28)19-4-1-3-16(11-19)17-12-29-15-30-13-17/h1,3-8,11-13,15H,2,9-10H2,(H,32,33). The number of hydrogen-bond acceptors (Lipinski definition) is 8. The lowest BCUT2D eigenvalue weighted by atomic mass is 9.81. The lowest BCUT2D eigenvalue weighted by molar-refractivity contribution is -0.274. The van der Waals surface area contributed by atoms with Crippen molar-refractivity contribution in [1.29, 1.82) is 5.26 Å². The minimum absolute atomic E-state index is 0.329. The Morgan fingerprint density at radius 3 is 2.51 bits per heavy atom. The molecular weight excluding hydrogens is 459 g/mol. The van der Waals surface area contributed by atoms with Crippen LogP contribution in [0.3, 0.4) is 0 Å². The Hall–Kier alpha value is -4.46. The van der Waals surface area contributed by atoms with Crippen LogP contribution in [0, 0.1) is 11.5 Å². The van der Waals surface area contributed by atoms with E-state index < -0.39 is 11.9 Å². The fraction of sp³-hybridized carbons (Fsp3) is 0.208. The molecular formula is C24H18F3N7O. The number of nitrogens with zero attached hydrogens (tertiary/aromatic N) is 6. The van der Waals surface area contributed by atoms with Crippen molar-refractivity contribution in [1.82, 2.24) is 20.2 Å². The number of rotatable bonds is 4. The summed E-state index contributed by atoms with van der Waals surface area (Å²) in [6.45, 7) is 1.15. The quantitative estimate of drug-likeness (QED) is 0.453. The van der Waals surface area contributed by atoms with Gasteiger partial charge in [0.25, 0.3) is 0 Å². The second-order valence-corrected chi connectivity index (χ2v) is 7.87. The lowest BCUT2D eigenvalue weighted by Crippen LogP contribution is -2.47. The largest absolute Gasteiger partial charge is 0.573 e. The first kappa shape index (κ1) is 22.3. The molecule has 0 radical (unpaired) electrons. The molecule has 176 valence electrons. The molecule has 0 spiro atoms. The van der Waals surface area contributed by atoms with Gasteiger partial charge in [0, 0.05) is 31.0 Å². The number of halogens is 3. The van der Waals surface area contributed by atoms with Crippen LogP contribution in [0.1, 0.15) is 17.5 Å². The normalized spacial score (nSPS) is 19.3. The van der Waals surface area contributed by atoms with Crippen LogP contribution in [0.15, 0.2) is 77.2 Å². The Morgan fingerprint density at radius 1 is 1.03 bits per heavy atom. The molecule has 0 fully saturated rings. The van der Waals surface area contributed by atoms with E-state index in [4.69, 9.17) is 9.98 Å². The molecule has 35 heavy (non-hydrogen) atoms. The van der Waals surface area contributed by atoms with Gasteiger partial charge in [0.1, 0.15) is 17.9 Å². The predicted octanol–water partition coefficient (Wildman–Crippen LogP) is 3.83. The molecule has 2 aliphatic rings. The van der Waals surface area contributed by atoms with Crippen LogP contribution >= 0.6 is 0 Å². The predicted molar refractivity (Wildman–Crippen MR) is 121 cm³/mol. The molecule has 1 aromatic heterocycles. The molecule has 0 aliphatic carbocycles. The minimum Gasteiger partial charge on any atom is -0.406 e. The van der Waals surface area contributed by atoms with Crippen molar-refractivity contribution in [3.05, 3.63) is 78.4 Å². The van der Waals surface area contributed by atoms with Gasteiger partial charge in [0.15, 0.2) is 11.7 Å². The second kappa shape index (κ2) is 8.72. The first-order valence-corrected chi connectivity index (χ1v) is 10.7. The highest BCUT2D eigenvalue weighted by Crippen LogP contribution is 2.43. The summed E-state index contributed by atoms with van der Waals surface area (Å²) in [4.78, 5) is 19.7. The van der Waals surface area contributed by atoms with Gasteiger partial charge in [-0.05, 0) is 41.3 Å². The number of hydrogen-bond donors (Lipinski definition) is 1. The van der Waals surface area contributed by atoms with Crippen LogP contribution in [0.4, 0.5) is 13.2 Å². The van der Waals surface area contributed by atoms with Gasteiger partial charge in [-0.15, -0.1) is 13.2 Å². The van der Waals surface area contributed by atoms with Gasteiger partial charge < -0.3 is 4.74 Å². The number of nitrogens with one attached hydrogen (secondary N) is 1. The smallest absolute Gasteiger partial charge is 0.406 e. The Labute approximate surface area is 198 Å². The highest BCUT2D eigenvalue weighted by molar-refractivity contribution is 6.13. The Morgan fingerprint density at radius 2 is 1.80 bits per heavy atom. The second-order valence-electron chi connectivity index (χ2n) is 7.87. The zero-order valence-corrected chi connectivity index (χ0v) is 18.2. The molecule has 0 saturated heterocycles. The average Bonchev–Trinajstić information content (AvgIpc) is 3.20. The molecule has 0 bridgehead atoms. The summed E-state index contributed by atoms with van der Waals surface area (Å²) < 4.78 is 42.2. The van der Waals surface area contributed by atoms with E-state index in [1.807, 2.05) is 35.4 Å². The summed E-state index contributed by atoms with van der Waals surface area (Å²) in [5, 5.41) is 12.0. The van der Waals surface area contributed by atoms with E-state index in [1.54, 1.807) is 12.4 Å². The van der Waals surface area contributed by atoms with Crippen LogP contribution in [0.5, 0.6) is 5.75 Å². The van der Waals surface area contributed by atoms with E-state index in [0.717, 1.165) is 23.1 Å². The summed E-state index contributed by atoms with van der Waals surface area (Å²) in [5.41, 5.74) is 1.73. The molecule has 0 saturated carbocycles. The summed E-state index contributed by atoms with van der Waals surface area (Å²) in [6, 6.07) is 13.1. The third-order valence-corrected chi connectivity index (χ3v) is 5.76. The van der Waals surface area contributed by atoms with Gasteiger partial charge in [-0.2, -0.15) is 5.26 Å². The third-order valence-electron chi connectivity index (χ3n) is 5.76. The van der Waals surface area contributed by atoms with Crippen LogP contribution in [0.25, 0.3) is 11.1 Å². The number of nitriles is 1. The van der Waals surface area contributed by atoms with E-state index in [2.05, 4.69) is 20.0 Å². The van der Waals surface area contributed by atoms with Gasteiger partial charge in [0.05, 0.1) is 0 Å². The van der Waals surface area contributed by atoms with Crippen molar-refractivity contribution < 1.29 is 17.9 Å². The molecule has 0 amide bonds. The number of aromatic nitrogens is 2. The van der Waals surface area contributed by atoms with E-state index in [1.165, 1.54) is 30.6 Å². The van der Waals surface area contributed by atoms with Crippen LogP contribution < -0.4 is 10.1 Å². The van der Waals surface area contributed by atoms with E-state index in [9.17, 15) is 18.4 Å². The minimum atomic E-state index is -4.80. The maximum atomic E-state index is 12.7. The van der Waals surface area contributed by atoms with Crippen molar-refractivity contribution in [2.75, 3.05) is 13.1 Å². The number of guanidine groups is 1. The Balaban J connectivity index is 1.70. The van der Waals surface area contributed by atoms with E-state index >= 15 is 0 Å². The maximum Gasteiger partial charge on any atom is 0.573 e. The average molecular weight is 477 g/mol. The van der Waals surface area contributed by atoms with Crippen molar-refractivity contribution in [3.63, 3.8) is 0 Å².